The van der Waals surface area contributed by atoms with Crippen LogP contribution in [-0.4, -0.2) is 38.8 Å². The summed E-state index contributed by atoms with van der Waals surface area (Å²) >= 11 is 0. The zero-order chi connectivity index (χ0) is 22.3. The quantitative estimate of drug-likeness (QED) is 0.280. The van der Waals surface area contributed by atoms with E-state index in [4.69, 9.17) is 8.92 Å². The van der Waals surface area contributed by atoms with Crippen LogP contribution in [0.15, 0.2) is 4.90 Å². The largest absolute Gasteiger partial charge is 0.744 e. The van der Waals surface area contributed by atoms with Crippen LogP contribution >= 0.6 is 0 Å². The average Bonchev–Trinajstić information content (AvgIpc) is 2.52. The van der Waals surface area contributed by atoms with Gasteiger partial charge in [-0.25, -0.2) is 17.2 Å². The third-order valence-electron chi connectivity index (χ3n) is 6.03. The van der Waals surface area contributed by atoms with Gasteiger partial charge in [0.25, 0.3) is 10.1 Å². The van der Waals surface area contributed by atoms with Gasteiger partial charge in [0.2, 0.25) is 11.6 Å². The second-order valence-electron chi connectivity index (χ2n) is 8.58. The Morgan fingerprint density at radius 3 is 1.77 bits per heavy atom. The van der Waals surface area contributed by atoms with Crippen LogP contribution in [0.1, 0.15) is 38.5 Å². The van der Waals surface area contributed by atoms with Gasteiger partial charge in [-0.3, -0.25) is 4.18 Å². The molecule has 30 heavy (non-hydrogen) atoms. The van der Waals surface area contributed by atoms with E-state index in [2.05, 4.69) is 0 Å². The minimum Gasteiger partial charge on any atom is -0.744 e. The Morgan fingerprint density at radius 1 is 0.867 bits per heavy atom. The van der Waals surface area contributed by atoms with Crippen molar-refractivity contribution in [3.8, 4) is 5.75 Å². The molecule has 4 aliphatic carbocycles. The molecule has 13 heteroatoms. The first-order chi connectivity index (χ1) is 13.6. The normalized spacial score (nSPS) is 33.1. The first kappa shape index (κ1) is 21.8. The SMILES string of the molecule is CS(=O)(=O)OC12CC3CC(CC(Oc4c(F)c(F)c(S(=O)(=O)[O-])c(F)c4F)(C3)C1)C2. The highest BCUT2D eigenvalue weighted by molar-refractivity contribution is 7.86. The molecule has 0 heterocycles. The van der Waals surface area contributed by atoms with Crippen molar-refractivity contribution in [2.75, 3.05) is 6.26 Å². The van der Waals surface area contributed by atoms with Gasteiger partial charge in [0.05, 0.1) is 11.9 Å². The highest BCUT2D eigenvalue weighted by Crippen LogP contribution is 2.60. The standard InChI is InChI=1S/C17H18F4O7S2/c1-29(22,23)28-17-5-8-2-9(6-17)4-16(3-8,7-17)27-14-10(18)12(20)15(30(24,25)26)13(21)11(14)19/h8-9H,2-7H2,1H3,(H,24,25,26)/p-1. The molecule has 4 bridgehead atoms. The summed E-state index contributed by atoms with van der Waals surface area (Å²) < 4.78 is 124. The molecular formula is C17H17F4O7S2-. The molecule has 0 N–H and O–H groups in total. The molecule has 0 amide bonds. The number of hydrogen-bond donors (Lipinski definition) is 0. The molecule has 168 valence electrons. The van der Waals surface area contributed by atoms with Crippen molar-refractivity contribution in [2.24, 2.45) is 11.8 Å². The molecule has 7 nitrogen and oxygen atoms in total. The zero-order valence-corrected chi connectivity index (χ0v) is 17.2. The van der Waals surface area contributed by atoms with Gasteiger partial charge in [-0.05, 0) is 43.9 Å². The van der Waals surface area contributed by atoms with Gasteiger partial charge in [-0.15, -0.1) is 0 Å². The molecule has 2 unspecified atom stereocenters. The van der Waals surface area contributed by atoms with Gasteiger partial charge in [0.1, 0.15) is 20.6 Å². The second-order valence-corrected chi connectivity index (χ2v) is 11.5. The van der Waals surface area contributed by atoms with Crippen molar-refractivity contribution >= 4 is 20.2 Å². The lowest BCUT2D eigenvalue weighted by molar-refractivity contribution is -0.176. The van der Waals surface area contributed by atoms with Gasteiger partial charge < -0.3 is 9.29 Å². The Balaban J connectivity index is 1.77. The third-order valence-corrected chi connectivity index (χ3v) is 7.55. The minimum atomic E-state index is -5.83. The third kappa shape index (κ3) is 3.59. The number of ether oxygens (including phenoxy) is 1. The van der Waals surface area contributed by atoms with Gasteiger partial charge >= 0.3 is 0 Å². The summed E-state index contributed by atoms with van der Waals surface area (Å²) in [7, 11) is -9.69. The van der Waals surface area contributed by atoms with E-state index in [1.165, 1.54) is 0 Å². The Kier molecular flexibility index (Phi) is 4.74. The maximum absolute atomic E-state index is 14.4. The zero-order valence-electron chi connectivity index (χ0n) is 15.6. The van der Waals surface area contributed by atoms with E-state index in [9.17, 15) is 39.0 Å². The summed E-state index contributed by atoms with van der Waals surface area (Å²) in [5, 5.41) is 0. The molecule has 0 aliphatic heterocycles. The molecule has 4 fully saturated rings. The van der Waals surface area contributed by atoms with Crippen molar-refractivity contribution in [2.45, 2.75) is 54.6 Å². The summed E-state index contributed by atoms with van der Waals surface area (Å²) in [6, 6.07) is 0. The van der Waals surface area contributed by atoms with Gasteiger partial charge in [0.15, 0.2) is 17.4 Å². The lowest BCUT2D eigenvalue weighted by atomic mass is 9.52. The molecule has 0 saturated heterocycles. The van der Waals surface area contributed by atoms with E-state index in [1.54, 1.807) is 0 Å². The van der Waals surface area contributed by atoms with E-state index in [0.29, 0.717) is 12.8 Å². The monoisotopic (exact) mass is 473 g/mol. The summed E-state index contributed by atoms with van der Waals surface area (Å²) in [4.78, 5) is -2.26. The maximum atomic E-state index is 14.4. The van der Waals surface area contributed by atoms with Crippen molar-refractivity contribution in [1.29, 1.82) is 0 Å². The molecule has 1 aromatic rings. The van der Waals surface area contributed by atoms with Crippen LogP contribution in [0.4, 0.5) is 17.6 Å². The number of benzene rings is 1. The molecule has 0 aromatic heterocycles. The van der Waals surface area contributed by atoms with E-state index < -0.39 is 65.4 Å². The summed E-state index contributed by atoms with van der Waals surface area (Å²) in [5.74, 6) is -10.7. The fourth-order valence-corrected chi connectivity index (χ4v) is 7.21. The average molecular weight is 473 g/mol. The fraction of sp³-hybridized carbons (Fsp3) is 0.647. The highest BCUT2D eigenvalue weighted by Gasteiger charge is 2.61. The summed E-state index contributed by atoms with van der Waals surface area (Å²) in [6.07, 6.45) is 2.81. The maximum Gasteiger partial charge on any atom is 0.264 e. The first-order valence-electron chi connectivity index (χ1n) is 9.05. The van der Waals surface area contributed by atoms with E-state index >= 15 is 0 Å². The number of halogens is 4. The van der Waals surface area contributed by atoms with Crippen LogP contribution in [0.25, 0.3) is 0 Å². The molecule has 1 aromatic carbocycles. The van der Waals surface area contributed by atoms with Crippen LogP contribution in [0.3, 0.4) is 0 Å². The van der Waals surface area contributed by atoms with Crippen LogP contribution in [0, 0.1) is 35.1 Å². The van der Waals surface area contributed by atoms with Crippen molar-refractivity contribution in [3.05, 3.63) is 23.3 Å². The predicted octanol–water partition coefficient (Wildman–Crippen LogP) is 2.59. The van der Waals surface area contributed by atoms with E-state index in [-0.39, 0.29) is 31.1 Å². The smallest absolute Gasteiger partial charge is 0.264 e. The van der Waals surface area contributed by atoms with Gasteiger partial charge in [-0.2, -0.15) is 17.2 Å². The van der Waals surface area contributed by atoms with Crippen LogP contribution in [0.5, 0.6) is 5.75 Å². The molecule has 2 atom stereocenters. The van der Waals surface area contributed by atoms with Crippen molar-refractivity contribution in [3.63, 3.8) is 0 Å². The highest BCUT2D eigenvalue weighted by atomic mass is 32.2. The Morgan fingerprint density at radius 2 is 1.33 bits per heavy atom. The lowest BCUT2D eigenvalue weighted by Gasteiger charge is -2.60. The van der Waals surface area contributed by atoms with Crippen molar-refractivity contribution in [1.82, 2.24) is 0 Å². The molecular weight excluding hydrogens is 456 g/mol. The predicted molar refractivity (Wildman–Crippen MR) is 90.9 cm³/mol. The second kappa shape index (κ2) is 6.53. The molecule has 0 spiro atoms. The molecule has 5 rings (SSSR count). The summed E-state index contributed by atoms with van der Waals surface area (Å²) in [5.41, 5.74) is -2.51. The molecule has 4 saturated carbocycles. The Bertz CT molecular complexity index is 1090. The van der Waals surface area contributed by atoms with Crippen LogP contribution < -0.4 is 4.74 Å². The van der Waals surface area contributed by atoms with Crippen LogP contribution in [0.2, 0.25) is 0 Å². The molecule has 4 aliphatic rings. The Labute approximate surface area is 170 Å². The number of hydrogen-bond acceptors (Lipinski definition) is 7. The van der Waals surface area contributed by atoms with E-state index in [0.717, 1.165) is 12.7 Å². The molecule has 0 radical (unpaired) electrons. The Hall–Kier alpha value is -1.44. The van der Waals surface area contributed by atoms with E-state index in [1.807, 2.05) is 0 Å². The first-order valence-corrected chi connectivity index (χ1v) is 12.3. The topological polar surface area (TPSA) is 110 Å². The van der Waals surface area contributed by atoms with Gasteiger partial charge in [0, 0.05) is 6.42 Å². The number of rotatable bonds is 5. The van der Waals surface area contributed by atoms with Crippen molar-refractivity contribution < 1.29 is 47.9 Å². The van der Waals surface area contributed by atoms with Crippen LogP contribution in [-0.2, 0) is 24.4 Å². The summed E-state index contributed by atoms with van der Waals surface area (Å²) in [6.45, 7) is 0. The minimum absolute atomic E-state index is 0.0796. The lowest BCUT2D eigenvalue weighted by Crippen LogP contribution is -2.62. The fourth-order valence-electron chi connectivity index (χ4n) is 5.75. The van der Waals surface area contributed by atoms with Gasteiger partial charge in [-0.1, -0.05) is 0 Å².